The number of aromatic nitrogens is 1. The molecule has 0 radical (unpaired) electrons. The van der Waals surface area contributed by atoms with Gasteiger partial charge in [-0.2, -0.15) is 0 Å². The maximum Gasteiger partial charge on any atom is 0.374 e. The minimum absolute atomic E-state index is 0.123. The Kier molecular flexibility index (Phi) is 2.77. The van der Waals surface area contributed by atoms with Gasteiger partial charge in [0.15, 0.2) is 5.69 Å². The molecular formula is C9H9N3O5. The summed E-state index contributed by atoms with van der Waals surface area (Å²) in [6.45, 7) is 0.355. The molecule has 2 heterocycles. The van der Waals surface area contributed by atoms with E-state index in [4.69, 9.17) is 5.11 Å². The van der Waals surface area contributed by atoms with E-state index in [1.165, 1.54) is 0 Å². The van der Waals surface area contributed by atoms with Gasteiger partial charge in [0.2, 0.25) is 11.7 Å². The number of hydrogen-bond donors (Lipinski definition) is 3. The van der Waals surface area contributed by atoms with Crippen LogP contribution in [0.2, 0.25) is 0 Å². The SMILES string of the molecule is O=C1CC(NC(=O)c2cc(C(=O)O)on2)CN1. The molecule has 17 heavy (non-hydrogen) atoms. The number of rotatable bonds is 3. The summed E-state index contributed by atoms with van der Waals surface area (Å²) >= 11 is 0. The summed E-state index contributed by atoms with van der Waals surface area (Å²) in [6, 6.07) is 0.724. The summed E-state index contributed by atoms with van der Waals surface area (Å²) in [6.07, 6.45) is 0.204. The molecule has 1 unspecified atom stereocenters. The molecule has 1 saturated heterocycles. The van der Waals surface area contributed by atoms with Gasteiger partial charge < -0.3 is 20.3 Å². The number of nitrogens with zero attached hydrogens (tertiary/aromatic N) is 1. The molecular weight excluding hydrogens is 230 g/mol. The summed E-state index contributed by atoms with van der Waals surface area (Å²) in [5.41, 5.74) is -0.123. The molecule has 90 valence electrons. The van der Waals surface area contributed by atoms with Gasteiger partial charge in [-0.05, 0) is 0 Å². The molecule has 0 aromatic carbocycles. The first-order chi connectivity index (χ1) is 8.06. The van der Waals surface area contributed by atoms with Gasteiger partial charge in [0.25, 0.3) is 5.91 Å². The predicted octanol–water partition coefficient (Wildman–Crippen LogP) is -1.01. The Labute approximate surface area is 95.0 Å². The number of carbonyl (C=O) groups is 3. The van der Waals surface area contributed by atoms with Crippen LogP contribution in [-0.4, -0.2) is 40.6 Å². The summed E-state index contributed by atoms with van der Waals surface area (Å²) in [7, 11) is 0. The third-order valence-corrected chi connectivity index (χ3v) is 2.27. The summed E-state index contributed by atoms with van der Waals surface area (Å²) < 4.78 is 4.44. The third kappa shape index (κ3) is 2.41. The lowest BCUT2D eigenvalue weighted by Gasteiger charge is -2.07. The molecule has 0 spiro atoms. The van der Waals surface area contributed by atoms with E-state index >= 15 is 0 Å². The van der Waals surface area contributed by atoms with E-state index < -0.39 is 17.6 Å². The van der Waals surface area contributed by atoms with Crippen LogP contribution in [0, 0.1) is 0 Å². The van der Waals surface area contributed by atoms with Crippen molar-refractivity contribution < 1.29 is 24.0 Å². The Bertz CT molecular complexity index is 481. The van der Waals surface area contributed by atoms with Gasteiger partial charge in [-0.1, -0.05) is 5.16 Å². The highest BCUT2D eigenvalue weighted by Gasteiger charge is 2.25. The fraction of sp³-hybridized carbons (Fsp3) is 0.333. The average Bonchev–Trinajstić information content (AvgIpc) is 2.86. The number of nitrogens with one attached hydrogen (secondary N) is 2. The molecule has 1 fully saturated rings. The third-order valence-electron chi connectivity index (χ3n) is 2.27. The minimum Gasteiger partial charge on any atom is -0.475 e. The summed E-state index contributed by atoms with van der Waals surface area (Å²) in [4.78, 5) is 33.0. The average molecular weight is 239 g/mol. The number of carbonyl (C=O) groups excluding carboxylic acids is 2. The highest BCUT2D eigenvalue weighted by Crippen LogP contribution is 2.05. The smallest absolute Gasteiger partial charge is 0.374 e. The van der Waals surface area contributed by atoms with E-state index in [9.17, 15) is 14.4 Å². The summed E-state index contributed by atoms with van der Waals surface area (Å²) in [5.74, 6) is -2.41. The van der Waals surface area contributed by atoms with Crippen molar-refractivity contribution in [2.45, 2.75) is 12.5 Å². The molecule has 1 aromatic heterocycles. The molecule has 1 atom stereocenters. The van der Waals surface area contributed by atoms with Crippen LogP contribution in [0.25, 0.3) is 0 Å². The van der Waals surface area contributed by atoms with E-state index in [0.29, 0.717) is 6.54 Å². The quantitative estimate of drug-likeness (QED) is 0.621. The first-order valence-electron chi connectivity index (χ1n) is 4.84. The Balaban J connectivity index is 1.99. The maximum atomic E-state index is 11.6. The van der Waals surface area contributed by atoms with Gasteiger partial charge in [-0.3, -0.25) is 9.59 Å². The van der Waals surface area contributed by atoms with Crippen molar-refractivity contribution in [1.82, 2.24) is 15.8 Å². The Hall–Kier alpha value is -2.38. The lowest BCUT2D eigenvalue weighted by molar-refractivity contribution is -0.119. The zero-order chi connectivity index (χ0) is 12.4. The second-order valence-corrected chi connectivity index (χ2v) is 3.56. The molecule has 1 aliphatic heterocycles. The molecule has 8 nitrogen and oxygen atoms in total. The van der Waals surface area contributed by atoms with Crippen molar-refractivity contribution in [2.75, 3.05) is 6.54 Å². The van der Waals surface area contributed by atoms with Gasteiger partial charge in [0.1, 0.15) is 0 Å². The zero-order valence-electron chi connectivity index (χ0n) is 8.60. The monoisotopic (exact) mass is 239 g/mol. The number of amides is 2. The van der Waals surface area contributed by atoms with Crippen molar-refractivity contribution in [3.8, 4) is 0 Å². The molecule has 8 heteroatoms. The highest BCUT2D eigenvalue weighted by molar-refractivity contribution is 5.95. The fourth-order valence-electron chi connectivity index (χ4n) is 1.45. The Morgan fingerprint density at radius 3 is 2.88 bits per heavy atom. The van der Waals surface area contributed by atoms with Gasteiger partial charge in [0.05, 0.1) is 6.04 Å². The largest absolute Gasteiger partial charge is 0.475 e. The fourth-order valence-corrected chi connectivity index (χ4v) is 1.45. The van der Waals surface area contributed by atoms with Crippen LogP contribution in [0.3, 0.4) is 0 Å². The summed E-state index contributed by atoms with van der Waals surface area (Å²) in [5, 5.41) is 17.0. The van der Waals surface area contributed by atoms with E-state index in [1.807, 2.05) is 0 Å². The Morgan fingerprint density at radius 1 is 1.59 bits per heavy atom. The van der Waals surface area contributed by atoms with Crippen molar-refractivity contribution >= 4 is 17.8 Å². The lowest BCUT2D eigenvalue weighted by Crippen LogP contribution is -2.36. The first-order valence-corrected chi connectivity index (χ1v) is 4.84. The second-order valence-electron chi connectivity index (χ2n) is 3.56. The normalized spacial score (nSPS) is 18.8. The zero-order valence-corrected chi connectivity index (χ0v) is 8.60. The van der Waals surface area contributed by atoms with Crippen LogP contribution < -0.4 is 10.6 Å². The van der Waals surface area contributed by atoms with E-state index in [2.05, 4.69) is 20.3 Å². The maximum absolute atomic E-state index is 11.6. The van der Waals surface area contributed by atoms with Gasteiger partial charge in [-0.15, -0.1) is 0 Å². The number of carboxylic acids is 1. The topological polar surface area (TPSA) is 122 Å². The van der Waals surface area contributed by atoms with Crippen LogP contribution in [0.15, 0.2) is 10.6 Å². The van der Waals surface area contributed by atoms with E-state index in [0.717, 1.165) is 6.07 Å². The van der Waals surface area contributed by atoms with Crippen LogP contribution in [0.5, 0.6) is 0 Å². The highest BCUT2D eigenvalue weighted by atomic mass is 16.5. The Morgan fingerprint density at radius 2 is 2.35 bits per heavy atom. The van der Waals surface area contributed by atoms with Crippen molar-refractivity contribution in [2.24, 2.45) is 0 Å². The van der Waals surface area contributed by atoms with Crippen molar-refractivity contribution in [3.05, 3.63) is 17.5 Å². The second kappa shape index (κ2) is 4.24. The standard InChI is InChI=1S/C9H9N3O5/c13-7-1-4(3-10-7)11-8(14)5-2-6(9(15)16)17-12-5/h2,4H,1,3H2,(H,10,13)(H,11,14)(H,15,16). The molecule has 0 saturated carbocycles. The molecule has 0 aliphatic carbocycles. The molecule has 2 rings (SSSR count). The first kappa shape index (κ1) is 11.1. The van der Waals surface area contributed by atoms with Crippen molar-refractivity contribution in [1.29, 1.82) is 0 Å². The number of carboxylic acid groups (broad SMARTS) is 1. The lowest BCUT2D eigenvalue weighted by atomic mass is 10.2. The van der Waals surface area contributed by atoms with Crippen LogP contribution in [0.4, 0.5) is 0 Å². The van der Waals surface area contributed by atoms with Gasteiger partial charge >= 0.3 is 5.97 Å². The molecule has 0 bridgehead atoms. The molecule has 2 amide bonds. The molecule has 1 aromatic rings. The van der Waals surface area contributed by atoms with E-state index in [-0.39, 0.29) is 24.1 Å². The molecule has 1 aliphatic rings. The number of aromatic carboxylic acids is 1. The van der Waals surface area contributed by atoms with Gasteiger partial charge in [-0.25, -0.2) is 4.79 Å². The van der Waals surface area contributed by atoms with Crippen molar-refractivity contribution in [3.63, 3.8) is 0 Å². The number of hydrogen-bond acceptors (Lipinski definition) is 5. The van der Waals surface area contributed by atoms with Crippen LogP contribution >= 0.6 is 0 Å². The molecule has 3 N–H and O–H groups in total. The minimum atomic E-state index is -1.30. The van der Waals surface area contributed by atoms with E-state index in [1.54, 1.807) is 0 Å². The van der Waals surface area contributed by atoms with Crippen LogP contribution in [0.1, 0.15) is 27.5 Å². The van der Waals surface area contributed by atoms with Crippen LogP contribution in [-0.2, 0) is 4.79 Å². The van der Waals surface area contributed by atoms with Gasteiger partial charge in [0, 0.05) is 19.0 Å². The predicted molar refractivity (Wildman–Crippen MR) is 52.3 cm³/mol.